The molecule has 0 bridgehead atoms. The van der Waals surface area contributed by atoms with Gasteiger partial charge in [0.25, 0.3) is 0 Å². The molecule has 0 amide bonds. The molecular weight excluding hydrogens is 200 g/mol. The summed E-state index contributed by atoms with van der Waals surface area (Å²) >= 11 is 0. The van der Waals surface area contributed by atoms with Gasteiger partial charge in [-0.1, -0.05) is 12.1 Å². The molecule has 1 aromatic rings. The average molecular weight is 216 g/mol. The zero-order valence-corrected chi connectivity index (χ0v) is 9.24. The summed E-state index contributed by atoms with van der Waals surface area (Å²) in [5.74, 6) is 0. The van der Waals surface area contributed by atoms with E-state index in [0.29, 0.717) is 18.5 Å². The summed E-state index contributed by atoms with van der Waals surface area (Å²) in [6, 6.07) is 9.54. The number of β-amino-alcohol motifs (C(OH)–C–C–N with tert-alkyl or cyclic N) is 1. The van der Waals surface area contributed by atoms with E-state index in [1.54, 1.807) is 12.1 Å². The van der Waals surface area contributed by atoms with Crippen molar-refractivity contribution in [3.63, 3.8) is 0 Å². The summed E-state index contributed by atoms with van der Waals surface area (Å²) in [5.41, 5.74) is 1.13. The minimum absolute atomic E-state index is 0.619. The van der Waals surface area contributed by atoms with E-state index in [0.717, 1.165) is 24.9 Å². The number of aliphatic hydroxyl groups is 1. The molecule has 1 heterocycles. The minimum atomic E-state index is -0.619. The lowest BCUT2D eigenvalue weighted by molar-refractivity contribution is 0.0169. The smallest absolute Gasteiger partial charge is 0.0991 e. The molecule has 0 aromatic heterocycles. The highest BCUT2D eigenvalue weighted by Crippen LogP contribution is 2.21. The number of benzene rings is 1. The van der Waals surface area contributed by atoms with Gasteiger partial charge in [-0.2, -0.15) is 5.26 Å². The molecule has 1 saturated heterocycles. The van der Waals surface area contributed by atoms with E-state index >= 15 is 0 Å². The Morgan fingerprint density at radius 3 is 2.69 bits per heavy atom. The van der Waals surface area contributed by atoms with E-state index in [1.807, 2.05) is 12.1 Å². The molecule has 0 spiro atoms. The Bertz CT molecular complexity index is 385. The van der Waals surface area contributed by atoms with Crippen LogP contribution in [0.25, 0.3) is 0 Å². The largest absolute Gasteiger partial charge is 0.388 e. The van der Waals surface area contributed by atoms with Crippen LogP contribution < -0.4 is 5.32 Å². The summed E-state index contributed by atoms with van der Waals surface area (Å²) < 4.78 is 0. The molecule has 1 aliphatic rings. The minimum Gasteiger partial charge on any atom is -0.388 e. The van der Waals surface area contributed by atoms with Crippen molar-refractivity contribution in [3.05, 3.63) is 35.4 Å². The highest BCUT2D eigenvalue weighted by Gasteiger charge is 2.28. The van der Waals surface area contributed by atoms with Crippen molar-refractivity contribution in [1.82, 2.24) is 5.32 Å². The monoisotopic (exact) mass is 216 g/mol. The first-order valence-corrected chi connectivity index (χ1v) is 5.64. The predicted molar refractivity (Wildman–Crippen MR) is 61.9 cm³/mol. The Morgan fingerprint density at radius 1 is 1.38 bits per heavy atom. The van der Waals surface area contributed by atoms with Crippen molar-refractivity contribution < 1.29 is 5.11 Å². The molecule has 1 unspecified atom stereocenters. The van der Waals surface area contributed by atoms with Crippen molar-refractivity contribution >= 4 is 0 Å². The zero-order chi connectivity index (χ0) is 11.4. The third-order valence-corrected chi connectivity index (χ3v) is 3.07. The molecule has 0 aliphatic carbocycles. The number of piperidine rings is 1. The van der Waals surface area contributed by atoms with Gasteiger partial charge in [-0.05, 0) is 37.1 Å². The number of nitrogens with zero attached hydrogens (tertiary/aromatic N) is 1. The van der Waals surface area contributed by atoms with Crippen molar-refractivity contribution in [2.45, 2.75) is 24.9 Å². The average Bonchev–Trinajstić information content (AvgIpc) is 2.30. The number of nitriles is 1. The molecular formula is C13H16N2O. The first kappa shape index (κ1) is 11.1. The molecule has 3 heteroatoms. The molecule has 1 fully saturated rings. The van der Waals surface area contributed by atoms with E-state index in [9.17, 15) is 5.11 Å². The lowest BCUT2D eigenvalue weighted by Gasteiger charge is -2.32. The van der Waals surface area contributed by atoms with Gasteiger partial charge in [-0.3, -0.25) is 0 Å². The lowest BCUT2D eigenvalue weighted by atomic mass is 9.87. The molecule has 84 valence electrons. The maximum absolute atomic E-state index is 10.3. The third-order valence-electron chi connectivity index (χ3n) is 3.07. The highest BCUT2D eigenvalue weighted by molar-refractivity contribution is 5.32. The maximum atomic E-state index is 10.3. The molecule has 2 rings (SSSR count). The molecule has 0 radical (unpaired) electrons. The van der Waals surface area contributed by atoms with Crippen LogP contribution in [0, 0.1) is 11.3 Å². The van der Waals surface area contributed by atoms with Gasteiger partial charge < -0.3 is 10.4 Å². The normalized spacial score (nSPS) is 25.0. The molecule has 2 N–H and O–H groups in total. The molecule has 0 saturated carbocycles. The van der Waals surface area contributed by atoms with Crippen LogP contribution in [-0.2, 0) is 6.42 Å². The van der Waals surface area contributed by atoms with Gasteiger partial charge in [-0.15, -0.1) is 0 Å². The second-order valence-corrected chi connectivity index (χ2v) is 4.49. The van der Waals surface area contributed by atoms with E-state index in [1.165, 1.54) is 0 Å². The van der Waals surface area contributed by atoms with Crippen LogP contribution in [0.15, 0.2) is 24.3 Å². The van der Waals surface area contributed by atoms with Crippen molar-refractivity contribution in [2.24, 2.45) is 0 Å². The second kappa shape index (κ2) is 4.65. The Hall–Kier alpha value is -1.37. The standard InChI is InChI=1S/C13H16N2O/c14-9-12-4-2-11(3-5-12)8-13(16)6-1-7-15-10-13/h2-5,15-16H,1,6-8,10H2. The van der Waals surface area contributed by atoms with E-state index in [-0.39, 0.29) is 0 Å². The molecule has 3 nitrogen and oxygen atoms in total. The number of rotatable bonds is 2. The van der Waals surface area contributed by atoms with Gasteiger partial charge in [0.05, 0.1) is 17.2 Å². The molecule has 16 heavy (non-hydrogen) atoms. The van der Waals surface area contributed by atoms with Crippen molar-refractivity contribution in [2.75, 3.05) is 13.1 Å². The fraction of sp³-hybridized carbons (Fsp3) is 0.462. The molecule has 1 aromatic carbocycles. The number of hydrogen-bond donors (Lipinski definition) is 2. The Labute approximate surface area is 95.7 Å². The van der Waals surface area contributed by atoms with Gasteiger partial charge in [0.15, 0.2) is 0 Å². The number of hydrogen-bond acceptors (Lipinski definition) is 3. The maximum Gasteiger partial charge on any atom is 0.0991 e. The summed E-state index contributed by atoms with van der Waals surface area (Å²) in [7, 11) is 0. The van der Waals surface area contributed by atoms with E-state index in [4.69, 9.17) is 5.26 Å². The third kappa shape index (κ3) is 2.60. The second-order valence-electron chi connectivity index (χ2n) is 4.49. The molecule has 1 aliphatic heterocycles. The quantitative estimate of drug-likeness (QED) is 0.781. The van der Waals surface area contributed by atoms with Crippen LogP contribution in [0.4, 0.5) is 0 Å². The van der Waals surface area contributed by atoms with Crippen LogP contribution >= 0.6 is 0 Å². The van der Waals surface area contributed by atoms with Crippen LogP contribution in [0.1, 0.15) is 24.0 Å². The first-order chi connectivity index (χ1) is 7.72. The highest BCUT2D eigenvalue weighted by atomic mass is 16.3. The van der Waals surface area contributed by atoms with E-state index in [2.05, 4.69) is 11.4 Å². The summed E-state index contributed by atoms with van der Waals surface area (Å²) in [5, 5.41) is 22.2. The van der Waals surface area contributed by atoms with Gasteiger partial charge in [0.1, 0.15) is 0 Å². The topological polar surface area (TPSA) is 56.0 Å². The van der Waals surface area contributed by atoms with Crippen LogP contribution in [0.5, 0.6) is 0 Å². The lowest BCUT2D eigenvalue weighted by Crippen LogP contribution is -2.47. The van der Waals surface area contributed by atoms with Crippen molar-refractivity contribution in [1.29, 1.82) is 5.26 Å². The summed E-state index contributed by atoms with van der Waals surface area (Å²) in [4.78, 5) is 0. The van der Waals surface area contributed by atoms with Gasteiger partial charge in [0.2, 0.25) is 0 Å². The first-order valence-electron chi connectivity index (χ1n) is 5.64. The summed E-state index contributed by atoms with van der Waals surface area (Å²) in [6.07, 6.45) is 2.53. The predicted octanol–water partition coefficient (Wildman–Crippen LogP) is 1.22. The summed E-state index contributed by atoms with van der Waals surface area (Å²) in [6.45, 7) is 1.66. The SMILES string of the molecule is N#Cc1ccc(CC2(O)CCCNC2)cc1. The fourth-order valence-electron chi connectivity index (χ4n) is 2.18. The Kier molecular flexibility index (Phi) is 3.23. The van der Waals surface area contributed by atoms with Crippen LogP contribution in [0.3, 0.4) is 0 Å². The van der Waals surface area contributed by atoms with Crippen LogP contribution in [-0.4, -0.2) is 23.8 Å². The number of nitrogens with one attached hydrogen (secondary N) is 1. The van der Waals surface area contributed by atoms with E-state index < -0.39 is 5.60 Å². The fourth-order valence-corrected chi connectivity index (χ4v) is 2.18. The van der Waals surface area contributed by atoms with Gasteiger partial charge in [-0.25, -0.2) is 0 Å². The Balaban J connectivity index is 2.05. The Morgan fingerprint density at radius 2 is 2.12 bits per heavy atom. The van der Waals surface area contributed by atoms with Gasteiger partial charge >= 0.3 is 0 Å². The molecule has 1 atom stereocenters. The van der Waals surface area contributed by atoms with Gasteiger partial charge in [0, 0.05) is 13.0 Å². The zero-order valence-electron chi connectivity index (χ0n) is 9.24. The van der Waals surface area contributed by atoms with Crippen molar-refractivity contribution in [3.8, 4) is 6.07 Å². The van der Waals surface area contributed by atoms with Crippen LogP contribution in [0.2, 0.25) is 0 Å².